The molecule has 1 saturated heterocycles. The van der Waals surface area contributed by atoms with Crippen molar-refractivity contribution in [2.75, 3.05) is 13.1 Å². The number of carbonyl (C=O) groups is 1. The highest BCUT2D eigenvalue weighted by molar-refractivity contribution is 5.79. The Hall–Kier alpha value is -2.27. The van der Waals surface area contributed by atoms with Crippen LogP contribution in [-0.2, 0) is 11.2 Å². The highest BCUT2D eigenvalue weighted by Gasteiger charge is 2.28. The van der Waals surface area contributed by atoms with Crippen molar-refractivity contribution < 1.29 is 14.3 Å². The van der Waals surface area contributed by atoms with E-state index in [4.69, 9.17) is 0 Å². The third-order valence-electron chi connectivity index (χ3n) is 5.03. The summed E-state index contributed by atoms with van der Waals surface area (Å²) in [6, 6.07) is 7.88. The smallest absolute Gasteiger partial charge is 0.227 e. The molecule has 0 saturated carbocycles. The lowest BCUT2D eigenvalue weighted by Gasteiger charge is -2.34. The molecular formula is C20H23FN2O2. The van der Waals surface area contributed by atoms with Gasteiger partial charge < -0.3 is 10.0 Å². The molecule has 25 heavy (non-hydrogen) atoms. The molecule has 1 aliphatic heterocycles. The van der Waals surface area contributed by atoms with E-state index in [1.54, 1.807) is 24.5 Å². The van der Waals surface area contributed by atoms with E-state index in [1.165, 1.54) is 12.1 Å². The molecule has 0 unspecified atom stereocenters. The molecule has 0 bridgehead atoms. The summed E-state index contributed by atoms with van der Waals surface area (Å²) in [5, 5.41) is 10.5. The summed E-state index contributed by atoms with van der Waals surface area (Å²) in [6.45, 7) is 3.25. The first-order chi connectivity index (χ1) is 12.0. The number of amides is 1. The van der Waals surface area contributed by atoms with Crippen molar-refractivity contribution in [2.45, 2.75) is 32.3 Å². The molecule has 1 aromatic carbocycles. The van der Waals surface area contributed by atoms with Gasteiger partial charge in [-0.2, -0.15) is 0 Å². The molecule has 5 heteroatoms. The maximum Gasteiger partial charge on any atom is 0.227 e. The first-order valence-electron chi connectivity index (χ1n) is 8.65. The van der Waals surface area contributed by atoms with Crippen molar-refractivity contribution in [2.24, 2.45) is 5.92 Å². The summed E-state index contributed by atoms with van der Waals surface area (Å²) in [7, 11) is 0. The Morgan fingerprint density at radius 3 is 2.60 bits per heavy atom. The summed E-state index contributed by atoms with van der Waals surface area (Å²) in [5.41, 5.74) is 2.77. The van der Waals surface area contributed by atoms with Gasteiger partial charge in [-0.3, -0.25) is 9.78 Å². The molecule has 132 valence electrons. The summed E-state index contributed by atoms with van der Waals surface area (Å²) in [5.74, 6) is -0.0935. The van der Waals surface area contributed by atoms with Gasteiger partial charge in [0.2, 0.25) is 5.91 Å². The van der Waals surface area contributed by atoms with Gasteiger partial charge in [-0.25, -0.2) is 4.39 Å². The van der Waals surface area contributed by atoms with Gasteiger partial charge in [-0.05, 0) is 60.6 Å². The number of aromatic nitrogens is 1. The van der Waals surface area contributed by atoms with Crippen LogP contribution in [0.1, 0.15) is 35.6 Å². The van der Waals surface area contributed by atoms with Gasteiger partial charge in [-0.1, -0.05) is 12.1 Å². The van der Waals surface area contributed by atoms with Gasteiger partial charge in [0, 0.05) is 25.5 Å². The minimum Gasteiger partial charge on any atom is -0.388 e. The fourth-order valence-electron chi connectivity index (χ4n) is 3.37. The van der Waals surface area contributed by atoms with Gasteiger partial charge in [0.15, 0.2) is 0 Å². The molecule has 0 spiro atoms. The van der Waals surface area contributed by atoms with Crippen LogP contribution in [0.2, 0.25) is 0 Å². The second kappa shape index (κ2) is 7.74. The molecule has 0 aliphatic carbocycles. The second-order valence-electron chi connectivity index (χ2n) is 6.69. The number of hydrogen-bond donors (Lipinski definition) is 1. The van der Waals surface area contributed by atoms with Gasteiger partial charge >= 0.3 is 0 Å². The predicted octanol–water partition coefficient (Wildman–Crippen LogP) is 3.04. The Morgan fingerprint density at radius 2 is 1.96 bits per heavy atom. The summed E-state index contributed by atoms with van der Waals surface area (Å²) in [4.78, 5) is 18.4. The summed E-state index contributed by atoms with van der Waals surface area (Å²) in [6.07, 6.45) is 4.76. The van der Waals surface area contributed by atoms with E-state index in [9.17, 15) is 14.3 Å². The zero-order valence-electron chi connectivity index (χ0n) is 14.4. The Morgan fingerprint density at radius 1 is 1.28 bits per heavy atom. The highest BCUT2D eigenvalue weighted by Crippen LogP contribution is 2.31. The maximum absolute atomic E-state index is 13.0. The predicted molar refractivity (Wildman–Crippen MR) is 93.3 cm³/mol. The third kappa shape index (κ3) is 4.23. The van der Waals surface area contributed by atoms with Crippen molar-refractivity contribution >= 4 is 5.91 Å². The monoisotopic (exact) mass is 342 g/mol. The maximum atomic E-state index is 13.0. The average molecular weight is 342 g/mol. The zero-order valence-corrected chi connectivity index (χ0v) is 14.4. The van der Waals surface area contributed by atoms with Gasteiger partial charge in [0.25, 0.3) is 0 Å². The summed E-state index contributed by atoms with van der Waals surface area (Å²) >= 11 is 0. The Bertz CT molecular complexity index is 725. The Balaban J connectivity index is 1.55. The van der Waals surface area contributed by atoms with E-state index in [0.29, 0.717) is 19.5 Å². The van der Waals surface area contributed by atoms with Crippen LogP contribution in [0.25, 0.3) is 0 Å². The molecule has 0 radical (unpaired) electrons. The quantitative estimate of drug-likeness (QED) is 0.929. The third-order valence-corrected chi connectivity index (χ3v) is 5.03. The van der Waals surface area contributed by atoms with Gasteiger partial charge in [0.1, 0.15) is 5.82 Å². The van der Waals surface area contributed by atoms with Crippen molar-refractivity contribution in [1.82, 2.24) is 9.88 Å². The van der Waals surface area contributed by atoms with Crippen LogP contribution in [-0.4, -0.2) is 34.0 Å². The number of piperidine rings is 1. The Labute approximate surface area is 147 Å². The minimum absolute atomic E-state index is 0.0946. The molecule has 3 rings (SSSR count). The Kier molecular flexibility index (Phi) is 5.43. The lowest BCUT2D eigenvalue weighted by atomic mass is 9.87. The number of aryl methyl sites for hydroxylation is 1. The number of pyridine rings is 1. The van der Waals surface area contributed by atoms with Crippen LogP contribution >= 0.6 is 0 Å². The molecule has 1 atom stereocenters. The van der Waals surface area contributed by atoms with E-state index in [0.717, 1.165) is 29.5 Å². The molecular weight excluding hydrogens is 319 g/mol. The molecule has 1 amide bonds. The number of likely N-dealkylation sites (tertiary alicyclic amines) is 1. The van der Waals surface area contributed by atoms with Crippen LogP contribution in [0.4, 0.5) is 4.39 Å². The molecule has 2 aromatic rings. The van der Waals surface area contributed by atoms with E-state index in [1.807, 2.05) is 17.9 Å². The van der Waals surface area contributed by atoms with Gasteiger partial charge in [0.05, 0.1) is 12.5 Å². The van der Waals surface area contributed by atoms with Crippen LogP contribution in [0, 0.1) is 18.7 Å². The number of hydrogen-bond acceptors (Lipinski definition) is 3. The minimum atomic E-state index is -0.611. The first-order valence-corrected chi connectivity index (χ1v) is 8.65. The fourth-order valence-corrected chi connectivity index (χ4v) is 3.37. The molecule has 1 aromatic heterocycles. The molecule has 1 aliphatic rings. The van der Waals surface area contributed by atoms with Crippen LogP contribution in [0.3, 0.4) is 0 Å². The highest BCUT2D eigenvalue weighted by atomic mass is 19.1. The molecule has 4 nitrogen and oxygen atoms in total. The number of benzene rings is 1. The van der Waals surface area contributed by atoms with Crippen molar-refractivity contribution in [1.29, 1.82) is 0 Å². The molecule has 1 N–H and O–H groups in total. The molecule has 1 fully saturated rings. The number of aliphatic hydroxyl groups is 1. The van der Waals surface area contributed by atoms with E-state index < -0.39 is 6.10 Å². The average Bonchev–Trinajstić information content (AvgIpc) is 2.64. The SMILES string of the molecule is Cc1cnccc1CC(=O)N1CCC([C@H](O)c2ccc(F)cc2)CC1. The zero-order chi connectivity index (χ0) is 17.8. The van der Waals surface area contributed by atoms with E-state index in [-0.39, 0.29) is 17.6 Å². The van der Waals surface area contributed by atoms with Crippen LogP contribution in [0.15, 0.2) is 42.7 Å². The lowest BCUT2D eigenvalue weighted by molar-refractivity contribution is -0.132. The number of rotatable bonds is 4. The van der Waals surface area contributed by atoms with Crippen LogP contribution in [0.5, 0.6) is 0 Å². The number of nitrogens with zero attached hydrogens (tertiary/aromatic N) is 2. The number of carbonyl (C=O) groups excluding carboxylic acids is 1. The largest absolute Gasteiger partial charge is 0.388 e. The normalized spacial score (nSPS) is 16.7. The molecule has 2 heterocycles. The van der Waals surface area contributed by atoms with Crippen molar-refractivity contribution in [3.63, 3.8) is 0 Å². The van der Waals surface area contributed by atoms with Crippen molar-refractivity contribution in [3.05, 3.63) is 65.2 Å². The fraction of sp³-hybridized carbons (Fsp3) is 0.400. The standard InChI is InChI=1S/C20H23FN2O2/c1-14-13-22-9-6-17(14)12-19(24)23-10-7-16(8-11-23)20(25)15-2-4-18(21)5-3-15/h2-6,9,13,16,20,25H,7-8,10-12H2,1H3/t20-/m1/s1. The van der Waals surface area contributed by atoms with E-state index >= 15 is 0 Å². The number of halogens is 1. The lowest BCUT2D eigenvalue weighted by Crippen LogP contribution is -2.40. The van der Waals surface area contributed by atoms with Crippen molar-refractivity contribution in [3.8, 4) is 0 Å². The second-order valence-corrected chi connectivity index (χ2v) is 6.69. The first kappa shape index (κ1) is 17.5. The van der Waals surface area contributed by atoms with Crippen LogP contribution < -0.4 is 0 Å². The summed E-state index contributed by atoms with van der Waals surface area (Å²) < 4.78 is 13.0. The number of aliphatic hydroxyl groups excluding tert-OH is 1. The van der Waals surface area contributed by atoms with E-state index in [2.05, 4.69) is 4.98 Å². The van der Waals surface area contributed by atoms with Gasteiger partial charge in [-0.15, -0.1) is 0 Å². The topological polar surface area (TPSA) is 53.4 Å².